The van der Waals surface area contributed by atoms with Crippen LogP contribution in [0.25, 0.3) is 6.08 Å². The van der Waals surface area contributed by atoms with E-state index in [1.165, 1.54) is 6.08 Å². The van der Waals surface area contributed by atoms with E-state index in [2.05, 4.69) is 11.3 Å². The van der Waals surface area contributed by atoms with Crippen LogP contribution in [0.2, 0.25) is 0 Å². The highest BCUT2D eigenvalue weighted by Crippen LogP contribution is 2.32. The van der Waals surface area contributed by atoms with Gasteiger partial charge in [-0.25, -0.2) is 4.79 Å². The van der Waals surface area contributed by atoms with E-state index in [1.54, 1.807) is 13.2 Å². The quantitative estimate of drug-likeness (QED) is 0.777. The number of hydrogen-bond acceptors (Lipinski definition) is 5. The lowest BCUT2D eigenvalue weighted by Crippen LogP contribution is -2.11. The first-order chi connectivity index (χ1) is 9.72. The van der Waals surface area contributed by atoms with E-state index in [4.69, 9.17) is 14.2 Å². The van der Waals surface area contributed by atoms with Gasteiger partial charge in [-0.05, 0) is 17.7 Å². The highest BCUT2D eigenvalue weighted by molar-refractivity contribution is 5.83. The minimum absolute atomic E-state index is 0.307. The molecule has 0 aliphatic carbocycles. The number of esters is 1. The van der Waals surface area contributed by atoms with Crippen molar-refractivity contribution in [3.63, 3.8) is 0 Å². The number of hydrogen-bond donors (Lipinski definition) is 0. The van der Waals surface area contributed by atoms with Crippen molar-refractivity contribution in [2.45, 2.75) is 6.42 Å². The number of carbonyl (C=O) groups is 1. The van der Waals surface area contributed by atoms with Crippen molar-refractivity contribution >= 4 is 12.0 Å². The van der Waals surface area contributed by atoms with Gasteiger partial charge in [0.25, 0.3) is 0 Å². The third kappa shape index (κ3) is 3.54. The van der Waals surface area contributed by atoms with Crippen molar-refractivity contribution in [1.29, 1.82) is 0 Å². The fourth-order valence-electron chi connectivity index (χ4n) is 1.70. The summed E-state index contributed by atoms with van der Waals surface area (Å²) in [6, 6.07) is 5.75. The predicted octanol–water partition coefficient (Wildman–Crippen LogP) is 2.52. The summed E-state index contributed by atoms with van der Waals surface area (Å²) < 4.78 is 19.7. The molecule has 2 heterocycles. The molecule has 0 fully saturated rings. The topological polar surface area (TPSA) is 54.0 Å². The van der Waals surface area contributed by atoms with Crippen LogP contribution in [0.4, 0.5) is 0 Å². The van der Waals surface area contributed by atoms with E-state index < -0.39 is 0 Å². The molecule has 2 aliphatic heterocycles. The van der Waals surface area contributed by atoms with Crippen molar-refractivity contribution in [2.75, 3.05) is 20.5 Å². The van der Waals surface area contributed by atoms with Crippen LogP contribution in [0.5, 0.6) is 11.5 Å². The van der Waals surface area contributed by atoms with Crippen molar-refractivity contribution in [2.24, 2.45) is 0 Å². The van der Waals surface area contributed by atoms with Crippen molar-refractivity contribution in [1.82, 2.24) is 0 Å². The summed E-state index contributed by atoms with van der Waals surface area (Å²) >= 11 is 0. The van der Waals surface area contributed by atoms with Crippen LogP contribution in [-0.4, -0.2) is 26.5 Å². The van der Waals surface area contributed by atoms with Crippen LogP contribution in [0.15, 0.2) is 36.6 Å². The number of methoxy groups -OCH3 is 1. The van der Waals surface area contributed by atoms with Gasteiger partial charge in [0.2, 0.25) is 6.79 Å². The third-order valence-electron chi connectivity index (χ3n) is 2.77. The van der Waals surface area contributed by atoms with Gasteiger partial charge < -0.3 is 18.9 Å². The van der Waals surface area contributed by atoms with Crippen LogP contribution < -0.4 is 9.47 Å². The molecule has 1 aromatic carbocycles. The predicted molar refractivity (Wildman–Crippen MR) is 73.3 cm³/mol. The molecular weight excluding hydrogens is 260 g/mol. The average Bonchev–Trinajstić information content (AvgIpc) is 2.95. The lowest BCUT2D eigenvalue weighted by molar-refractivity contribution is -0.139. The molecule has 5 heteroatoms. The highest BCUT2D eigenvalue weighted by atomic mass is 16.7. The lowest BCUT2D eigenvalue weighted by atomic mass is 10.2. The fraction of sp³-hybridized carbons (Fsp3) is 0.267. The number of carbonyl (C=O) groups excluding carboxylic acids is 1. The number of ether oxygens (including phenoxy) is 4. The molecule has 0 amide bonds. The van der Waals surface area contributed by atoms with Crippen LogP contribution in [0, 0.1) is 0 Å². The van der Waals surface area contributed by atoms with Gasteiger partial charge in [-0.15, -0.1) is 0 Å². The Hall–Kier alpha value is -2.43. The molecule has 0 radical (unpaired) electrons. The maximum atomic E-state index is 10.5. The second-order valence-electron chi connectivity index (χ2n) is 4.05. The van der Waals surface area contributed by atoms with Crippen LogP contribution >= 0.6 is 0 Å². The molecule has 2 aliphatic rings. The Morgan fingerprint density at radius 2 is 2.05 bits per heavy atom. The molecule has 0 unspecified atom stereocenters. The van der Waals surface area contributed by atoms with E-state index in [1.807, 2.05) is 18.2 Å². The maximum Gasteiger partial charge on any atom is 0.334 e. The number of benzene rings is 1. The molecule has 5 nitrogen and oxygen atoms in total. The minimum Gasteiger partial charge on any atom is -0.501 e. The van der Waals surface area contributed by atoms with Crippen molar-refractivity contribution in [3.8, 4) is 11.5 Å². The normalized spacial score (nSPS) is 15.4. The van der Waals surface area contributed by atoms with E-state index in [0.717, 1.165) is 17.1 Å². The second kappa shape index (κ2) is 6.65. The average molecular weight is 276 g/mol. The molecule has 20 heavy (non-hydrogen) atoms. The molecule has 0 aromatic heterocycles. The smallest absolute Gasteiger partial charge is 0.334 e. The molecule has 0 saturated carbocycles. The molecule has 106 valence electrons. The summed E-state index contributed by atoms with van der Waals surface area (Å²) in [5.74, 6) is 2.02. The third-order valence-corrected chi connectivity index (χ3v) is 2.77. The zero-order valence-corrected chi connectivity index (χ0v) is 11.3. The minimum atomic E-state index is -0.307. The molecule has 0 N–H and O–H groups in total. The van der Waals surface area contributed by atoms with Gasteiger partial charge in [0.15, 0.2) is 11.5 Å². The zero-order chi connectivity index (χ0) is 14.4. The molecular formula is C15H16O5. The number of fused-ring (bicyclic) bond motifs is 1. The van der Waals surface area contributed by atoms with Gasteiger partial charge in [-0.1, -0.05) is 18.7 Å². The summed E-state index contributed by atoms with van der Waals surface area (Å²) in [5, 5.41) is 0. The first-order valence-corrected chi connectivity index (χ1v) is 6.16. The van der Waals surface area contributed by atoms with Crippen LogP contribution in [0.3, 0.4) is 0 Å². The highest BCUT2D eigenvalue weighted by Gasteiger charge is 2.11. The summed E-state index contributed by atoms with van der Waals surface area (Å²) in [4.78, 5) is 10.5. The number of rotatable bonds is 2. The summed E-state index contributed by atoms with van der Waals surface area (Å²) in [6.07, 6.45) is 3.84. The van der Waals surface area contributed by atoms with E-state index in [-0.39, 0.29) is 5.97 Å². The van der Waals surface area contributed by atoms with Gasteiger partial charge in [-0.2, -0.15) is 0 Å². The van der Waals surface area contributed by atoms with E-state index >= 15 is 0 Å². The summed E-state index contributed by atoms with van der Waals surface area (Å²) in [5.41, 5.74) is 1.05. The first kappa shape index (κ1) is 14.0. The van der Waals surface area contributed by atoms with E-state index in [9.17, 15) is 4.79 Å². The second-order valence-corrected chi connectivity index (χ2v) is 4.05. The zero-order valence-electron chi connectivity index (χ0n) is 11.3. The summed E-state index contributed by atoms with van der Waals surface area (Å²) in [6.45, 7) is 4.43. The largest absolute Gasteiger partial charge is 0.501 e. The Balaban J connectivity index is 0.000000151. The molecule has 0 bridgehead atoms. The van der Waals surface area contributed by atoms with Gasteiger partial charge in [0, 0.05) is 6.42 Å². The monoisotopic (exact) mass is 276 g/mol. The van der Waals surface area contributed by atoms with Crippen molar-refractivity contribution in [3.05, 3.63) is 42.2 Å². The Bertz CT molecular complexity index is 533. The Morgan fingerprint density at radius 1 is 1.25 bits per heavy atom. The van der Waals surface area contributed by atoms with Crippen molar-refractivity contribution < 1.29 is 23.7 Å². The van der Waals surface area contributed by atoms with Gasteiger partial charge >= 0.3 is 5.97 Å². The fourth-order valence-corrected chi connectivity index (χ4v) is 1.70. The Morgan fingerprint density at radius 3 is 2.70 bits per heavy atom. The molecule has 0 spiro atoms. The standard InChI is InChI=1S/C9H8O2.C6H8O3/c1-2-7-3-4-8-9(5-7)11-6-10-8;1-8-5-2-3-9-6(7)4-5/h2-5H,1,6H2;4H,2-3H2,1H3. The number of cyclic esters (lactones) is 1. The Kier molecular flexibility index (Phi) is 4.65. The van der Waals surface area contributed by atoms with Gasteiger partial charge in [0.05, 0.1) is 19.8 Å². The Labute approximate surface area is 117 Å². The molecule has 0 saturated heterocycles. The van der Waals surface area contributed by atoms with Crippen LogP contribution in [0.1, 0.15) is 12.0 Å². The van der Waals surface area contributed by atoms with Crippen LogP contribution in [-0.2, 0) is 14.3 Å². The van der Waals surface area contributed by atoms with Gasteiger partial charge in [-0.3, -0.25) is 0 Å². The molecule has 3 rings (SSSR count). The first-order valence-electron chi connectivity index (χ1n) is 6.16. The maximum absolute atomic E-state index is 10.5. The lowest BCUT2D eigenvalue weighted by Gasteiger charge is -2.10. The molecule has 1 aromatic rings. The summed E-state index contributed by atoms with van der Waals surface area (Å²) in [7, 11) is 1.55. The van der Waals surface area contributed by atoms with E-state index in [0.29, 0.717) is 25.6 Å². The van der Waals surface area contributed by atoms with Gasteiger partial charge in [0.1, 0.15) is 5.76 Å². The molecule has 0 atom stereocenters. The SMILES string of the molecule is C=Cc1ccc2c(c1)OCO2.COC1=CC(=O)OCC1.